The van der Waals surface area contributed by atoms with Crippen LogP contribution in [0.5, 0.6) is 0 Å². The highest BCUT2D eigenvalue weighted by molar-refractivity contribution is 6.30. The van der Waals surface area contributed by atoms with Crippen LogP contribution in [0.15, 0.2) is 18.2 Å². The van der Waals surface area contributed by atoms with Gasteiger partial charge in [0.15, 0.2) is 0 Å². The number of likely N-dealkylation sites (N-methyl/N-ethyl adjacent to an activating group) is 1. The van der Waals surface area contributed by atoms with Crippen LogP contribution in [0.25, 0.3) is 0 Å². The zero-order valence-electron chi connectivity index (χ0n) is 16.2. The maximum absolute atomic E-state index is 14.0. The number of amides is 1. The first-order valence-corrected chi connectivity index (χ1v) is 10.5. The summed E-state index contributed by atoms with van der Waals surface area (Å²) in [6.07, 6.45) is 6.24. The first kappa shape index (κ1) is 21.8. The number of halogens is 3. The molecule has 2 saturated carbocycles. The summed E-state index contributed by atoms with van der Waals surface area (Å²) >= 11 is 5.84. The molecule has 0 spiro atoms. The van der Waals surface area contributed by atoms with E-state index >= 15 is 0 Å². The van der Waals surface area contributed by atoms with E-state index in [9.17, 15) is 9.18 Å². The topological polar surface area (TPSA) is 58.4 Å². The molecule has 4 atom stereocenters. The van der Waals surface area contributed by atoms with Crippen LogP contribution < -0.4 is 11.1 Å². The average Bonchev–Trinajstić information content (AvgIpc) is 2.97. The number of fused-ring (bicyclic) bond motifs is 2. The third kappa shape index (κ3) is 4.18. The number of hydrogen-bond acceptors (Lipinski definition) is 3. The Morgan fingerprint density at radius 1 is 1.25 bits per heavy atom. The zero-order valence-corrected chi connectivity index (χ0v) is 17.8. The molecular formula is C21H30Cl2FN3O. The van der Waals surface area contributed by atoms with Gasteiger partial charge in [-0.05, 0) is 68.7 Å². The molecular weight excluding hydrogens is 400 g/mol. The Morgan fingerprint density at radius 3 is 2.57 bits per heavy atom. The lowest BCUT2D eigenvalue weighted by Gasteiger charge is -2.43. The van der Waals surface area contributed by atoms with E-state index in [1.54, 1.807) is 6.07 Å². The summed E-state index contributed by atoms with van der Waals surface area (Å²) in [6, 6.07) is 5.20. The number of benzene rings is 1. The Labute approximate surface area is 177 Å². The smallest absolute Gasteiger partial charge is 0.223 e. The highest BCUT2D eigenvalue weighted by Crippen LogP contribution is 2.42. The van der Waals surface area contributed by atoms with E-state index in [4.69, 9.17) is 17.3 Å². The minimum Gasteiger partial charge on any atom is -0.351 e. The molecule has 2 bridgehead atoms. The molecule has 4 unspecified atom stereocenters. The van der Waals surface area contributed by atoms with Gasteiger partial charge in [0.05, 0.1) is 11.1 Å². The third-order valence-corrected chi connectivity index (χ3v) is 7.35. The van der Waals surface area contributed by atoms with E-state index in [0.717, 1.165) is 44.2 Å². The second kappa shape index (κ2) is 8.86. The van der Waals surface area contributed by atoms with E-state index in [1.165, 1.54) is 12.5 Å². The molecule has 2 aliphatic carbocycles. The molecule has 1 amide bonds. The standard InChI is InChI=1S/C21H29ClFN3O.ClH/c1-26-8-7-18(20(26)14-5-6-16(22)17(23)11-14)25-21(27)15-9-12-3-2-4-13(10-15)19(12)24;/h5-6,11-13,15,18-20H,2-4,7-10,24H2,1H3,(H,25,27);1H. The van der Waals surface area contributed by atoms with Crippen molar-refractivity contribution in [2.24, 2.45) is 23.5 Å². The summed E-state index contributed by atoms with van der Waals surface area (Å²) in [7, 11) is 2.02. The van der Waals surface area contributed by atoms with Crippen molar-refractivity contribution in [2.45, 2.75) is 56.7 Å². The number of carbonyl (C=O) groups excluding carboxylic acids is 1. The van der Waals surface area contributed by atoms with Crippen LogP contribution in [-0.4, -0.2) is 36.5 Å². The van der Waals surface area contributed by atoms with Crippen LogP contribution >= 0.6 is 24.0 Å². The Hall–Kier alpha value is -0.880. The molecule has 0 aromatic heterocycles. The lowest BCUT2D eigenvalue weighted by atomic mass is 9.65. The predicted molar refractivity (Wildman–Crippen MR) is 112 cm³/mol. The fourth-order valence-electron chi connectivity index (χ4n) is 5.58. The largest absolute Gasteiger partial charge is 0.351 e. The fourth-order valence-corrected chi connectivity index (χ4v) is 5.70. The highest BCUT2D eigenvalue weighted by Gasteiger charge is 2.42. The van der Waals surface area contributed by atoms with Crippen LogP contribution in [-0.2, 0) is 4.79 Å². The Morgan fingerprint density at radius 2 is 1.93 bits per heavy atom. The molecule has 7 heteroatoms. The molecule has 3 N–H and O–H groups in total. The van der Waals surface area contributed by atoms with Crippen molar-refractivity contribution < 1.29 is 9.18 Å². The molecule has 156 valence electrons. The van der Waals surface area contributed by atoms with Crippen molar-refractivity contribution in [2.75, 3.05) is 13.6 Å². The van der Waals surface area contributed by atoms with E-state index < -0.39 is 5.82 Å². The Bertz CT molecular complexity index is 705. The minimum absolute atomic E-state index is 0. The molecule has 1 heterocycles. The van der Waals surface area contributed by atoms with Crippen molar-refractivity contribution in [3.63, 3.8) is 0 Å². The van der Waals surface area contributed by atoms with Gasteiger partial charge in [0.1, 0.15) is 5.82 Å². The van der Waals surface area contributed by atoms with Gasteiger partial charge in [-0.3, -0.25) is 9.69 Å². The summed E-state index contributed by atoms with van der Waals surface area (Å²) in [5.74, 6) is 0.780. The zero-order chi connectivity index (χ0) is 19.1. The van der Waals surface area contributed by atoms with E-state index in [-0.39, 0.29) is 47.4 Å². The monoisotopic (exact) mass is 429 g/mol. The lowest BCUT2D eigenvalue weighted by Crippen LogP contribution is -2.50. The number of hydrogen-bond donors (Lipinski definition) is 2. The molecule has 1 saturated heterocycles. The Kier molecular flexibility index (Phi) is 6.91. The molecule has 3 fully saturated rings. The average molecular weight is 430 g/mol. The number of nitrogens with one attached hydrogen (secondary N) is 1. The molecule has 0 radical (unpaired) electrons. The minimum atomic E-state index is -0.409. The van der Waals surface area contributed by atoms with Crippen molar-refractivity contribution >= 4 is 29.9 Å². The number of carbonyl (C=O) groups is 1. The van der Waals surface area contributed by atoms with Crippen LogP contribution in [0, 0.1) is 23.6 Å². The van der Waals surface area contributed by atoms with Gasteiger partial charge in [-0.25, -0.2) is 4.39 Å². The molecule has 28 heavy (non-hydrogen) atoms. The first-order valence-electron chi connectivity index (χ1n) is 10.1. The molecule has 4 rings (SSSR count). The van der Waals surface area contributed by atoms with Crippen molar-refractivity contribution in [3.05, 3.63) is 34.6 Å². The predicted octanol–water partition coefficient (Wildman–Crippen LogP) is 3.92. The summed E-state index contributed by atoms with van der Waals surface area (Å²) < 4.78 is 14.0. The number of likely N-dealkylation sites (tertiary alicyclic amines) is 1. The van der Waals surface area contributed by atoms with Crippen molar-refractivity contribution in [1.29, 1.82) is 0 Å². The van der Waals surface area contributed by atoms with E-state index in [2.05, 4.69) is 10.2 Å². The Balaban J connectivity index is 0.00000225. The molecule has 1 aliphatic heterocycles. The van der Waals surface area contributed by atoms with Crippen molar-refractivity contribution in [3.8, 4) is 0 Å². The van der Waals surface area contributed by atoms with Crippen LogP contribution in [0.2, 0.25) is 5.02 Å². The highest BCUT2D eigenvalue weighted by atomic mass is 35.5. The number of rotatable bonds is 3. The van der Waals surface area contributed by atoms with Crippen LogP contribution in [0.4, 0.5) is 4.39 Å². The summed E-state index contributed by atoms with van der Waals surface area (Å²) in [5, 5.41) is 3.42. The van der Waals surface area contributed by atoms with E-state index in [1.807, 2.05) is 13.1 Å². The van der Waals surface area contributed by atoms with Crippen LogP contribution in [0.1, 0.15) is 50.1 Å². The van der Waals surface area contributed by atoms with Gasteiger partial charge < -0.3 is 11.1 Å². The maximum atomic E-state index is 14.0. The molecule has 3 aliphatic rings. The summed E-state index contributed by atoms with van der Waals surface area (Å²) in [4.78, 5) is 15.2. The van der Waals surface area contributed by atoms with Gasteiger partial charge in [-0.1, -0.05) is 24.1 Å². The third-order valence-electron chi connectivity index (χ3n) is 7.05. The maximum Gasteiger partial charge on any atom is 0.223 e. The second-order valence-corrected chi connectivity index (χ2v) is 9.11. The first-order chi connectivity index (χ1) is 12.9. The van der Waals surface area contributed by atoms with Gasteiger partial charge in [-0.15, -0.1) is 12.4 Å². The normalized spacial score (nSPS) is 35.3. The van der Waals surface area contributed by atoms with Gasteiger partial charge >= 0.3 is 0 Å². The summed E-state index contributed by atoms with van der Waals surface area (Å²) in [6.45, 7) is 0.876. The van der Waals surface area contributed by atoms with Gasteiger partial charge in [0, 0.05) is 24.5 Å². The fraction of sp³-hybridized carbons (Fsp3) is 0.667. The van der Waals surface area contributed by atoms with Crippen LogP contribution in [0.3, 0.4) is 0 Å². The number of nitrogens with two attached hydrogens (primary N) is 1. The lowest BCUT2D eigenvalue weighted by molar-refractivity contribution is -0.128. The number of nitrogens with zero attached hydrogens (tertiary/aromatic N) is 1. The molecule has 1 aromatic rings. The second-order valence-electron chi connectivity index (χ2n) is 8.70. The summed E-state index contributed by atoms with van der Waals surface area (Å²) in [5.41, 5.74) is 7.23. The quantitative estimate of drug-likeness (QED) is 0.765. The van der Waals surface area contributed by atoms with E-state index in [0.29, 0.717) is 11.8 Å². The van der Waals surface area contributed by atoms with Gasteiger partial charge in [-0.2, -0.15) is 0 Å². The van der Waals surface area contributed by atoms with Gasteiger partial charge in [0.2, 0.25) is 5.91 Å². The van der Waals surface area contributed by atoms with Gasteiger partial charge in [0.25, 0.3) is 0 Å². The molecule has 4 nitrogen and oxygen atoms in total. The molecule has 1 aromatic carbocycles. The SMILES string of the molecule is CN1CCC(NC(=O)C2CC3CCCC(C2)C3N)C1c1ccc(Cl)c(F)c1.Cl. The van der Waals surface area contributed by atoms with Crippen molar-refractivity contribution in [1.82, 2.24) is 10.2 Å².